The minimum Gasteiger partial charge on any atom is -0.357 e. The molecule has 1 aromatic carbocycles. The fourth-order valence-corrected chi connectivity index (χ4v) is 2.67. The predicted molar refractivity (Wildman–Crippen MR) is 76.5 cm³/mol. The van der Waals surface area contributed by atoms with E-state index in [1.807, 2.05) is 0 Å². The van der Waals surface area contributed by atoms with Crippen LogP contribution in [0.15, 0.2) is 40.0 Å². The lowest BCUT2D eigenvalue weighted by Crippen LogP contribution is -2.15. The molecule has 0 saturated carbocycles. The van der Waals surface area contributed by atoms with Crippen molar-refractivity contribution in [3.05, 3.63) is 40.9 Å². The van der Waals surface area contributed by atoms with Gasteiger partial charge in [-0.15, -0.1) is 0 Å². The van der Waals surface area contributed by atoms with Gasteiger partial charge in [0.15, 0.2) is 0 Å². The van der Waals surface area contributed by atoms with Gasteiger partial charge < -0.3 is 5.32 Å². The van der Waals surface area contributed by atoms with Crippen LogP contribution in [-0.4, -0.2) is 25.4 Å². The lowest BCUT2D eigenvalue weighted by Gasteiger charge is -2.09. The molecule has 1 aromatic heterocycles. The van der Waals surface area contributed by atoms with Crippen LogP contribution in [0.1, 0.15) is 0 Å². The highest BCUT2D eigenvalue weighted by Gasteiger charge is 2.17. The molecule has 0 amide bonds. The third-order valence-corrected chi connectivity index (χ3v) is 4.15. The smallest absolute Gasteiger partial charge is 0.265 e. The van der Waals surface area contributed by atoms with E-state index in [-0.39, 0.29) is 16.5 Å². The van der Waals surface area contributed by atoms with Crippen molar-refractivity contribution in [1.29, 1.82) is 0 Å². The molecule has 106 valence electrons. The minimum absolute atomic E-state index is 0.155. The van der Waals surface area contributed by atoms with Gasteiger partial charge in [-0.05, 0) is 18.2 Å². The lowest BCUT2D eigenvalue weighted by atomic mass is 10.3. The first-order valence-electron chi connectivity index (χ1n) is 5.40. The number of hydrogen-bond acceptors (Lipinski definition) is 5. The third-order valence-electron chi connectivity index (χ3n) is 2.33. The van der Waals surface area contributed by atoms with Crippen molar-refractivity contribution in [1.82, 2.24) is 9.97 Å². The summed E-state index contributed by atoms with van der Waals surface area (Å²) < 4.78 is 40.4. The van der Waals surface area contributed by atoms with Gasteiger partial charge in [-0.2, -0.15) is 0 Å². The zero-order valence-electron chi connectivity index (χ0n) is 10.3. The van der Waals surface area contributed by atoms with Crippen molar-refractivity contribution in [3.63, 3.8) is 0 Å². The number of anilines is 2. The maximum absolute atomic E-state index is 13.5. The van der Waals surface area contributed by atoms with Crippen LogP contribution in [0.3, 0.4) is 0 Å². The van der Waals surface area contributed by atoms with Crippen LogP contribution in [0.5, 0.6) is 0 Å². The largest absolute Gasteiger partial charge is 0.357 e. The Balaban J connectivity index is 2.32. The van der Waals surface area contributed by atoms with Crippen LogP contribution < -0.4 is 10.0 Å². The molecule has 9 heteroatoms. The van der Waals surface area contributed by atoms with Gasteiger partial charge in [0.1, 0.15) is 10.7 Å². The molecule has 0 fully saturated rings. The van der Waals surface area contributed by atoms with Crippen LogP contribution in [0.25, 0.3) is 0 Å². The standard InChI is InChI=1S/C11H10BrFN4O2S/c1-14-11-15-5-8(6-16-11)20(18,19)17-10-4-7(12)2-3-9(10)13/h2-6,17H,1H3,(H,14,15,16). The highest BCUT2D eigenvalue weighted by molar-refractivity contribution is 9.10. The number of hydrogen-bond donors (Lipinski definition) is 2. The van der Waals surface area contributed by atoms with E-state index in [0.29, 0.717) is 4.47 Å². The Hall–Kier alpha value is -1.74. The van der Waals surface area contributed by atoms with E-state index in [1.165, 1.54) is 12.1 Å². The molecule has 0 spiro atoms. The molecule has 0 saturated heterocycles. The molecule has 0 unspecified atom stereocenters. The summed E-state index contributed by atoms with van der Waals surface area (Å²) in [5.41, 5.74) is -0.155. The quantitative estimate of drug-likeness (QED) is 0.873. The number of rotatable bonds is 4. The van der Waals surface area contributed by atoms with E-state index in [9.17, 15) is 12.8 Å². The Morgan fingerprint density at radius 1 is 1.25 bits per heavy atom. The van der Waals surface area contributed by atoms with E-state index in [4.69, 9.17) is 0 Å². The highest BCUT2D eigenvalue weighted by Crippen LogP contribution is 2.22. The Bertz CT molecular complexity index is 722. The second-order valence-electron chi connectivity index (χ2n) is 3.72. The number of aromatic nitrogens is 2. The van der Waals surface area contributed by atoms with Crippen molar-refractivity contribution in [2.24, 2.45) is 0 Å². The normalized spacial score (nSPS) is 11.2. The summed E-state index contributed by atoms with van der Waals surface area (Å²) in [6, 6.07) is 3.95. The molecular weight excluding hydrogens is 351 g/mol. The van der Waals surface area contributed by atoms with E-state index in [0.717, 1.165) is 18.5 Å². The van der Waals surface area contributed by atoms with Gasteiger partial charge in [-0.25, -0.2) is 22.8 Å². The Morgan fingerprint density at radius 2 is 1.90 bits per heavy atom. The van der Waals surface area contributed by atoms with Gasteiger partial charge >= 0.3 is 0 Å². The summed E-state index contributed by atoms with van der Waals surface area (Å²) in [5.74, 6) is -0.387. The fraction of sp³-hybridized carbons (Fsp3) is 0.0909. The summed E-state index contributed by atoms with van der Waals surface area (Å²) >= 11 is 3.14. The number of sulfonamides is 1. The van der Waals surface area contributed by atoms with E-state index >= 15 is 0 Å². The first-order valence-corrected chi connectivity index (χ1v) is 7.67. The molecular formula is C11H10BrFN4O2S. The molecule has 0 aliphatic rings. The number of nitrogens with one attached hydrogen (secondary N) is 2. The van der Waals surface area contributed by atoms with Crippen molar-refractivity contribution in [2.45, 2.75) is 4.90 Å². The second-order valence-corrected chi connectivity index (χ2v) is 6.32. The summed E-state index contributed by atoms with van der Waals surface area (Å²) in [7, 11) is -2.33. The fourth-order valence-electron chi connectivity index (χ4n) is 1.36. The molecule has 2 N–H and O–H groups in total. The van der Waals surface area contributed by atoms with Crippen molar-refractivity contribution >= 4 is 37.6 Å². The van der Waals surface area contributed by atoms with Gasteiger partial charge in [0.05, 0.1) is 18.1 Å². The van der Waals surface area contributed by atoms with Crippen molar-refractivity contribution < 1.29 is 12.8 Å². The summed E-state index contributed by atoms with van der Waals surface area (Å²) in [5, 5.41) is 2.67. The summed E-state index contributed by atoms with van der Waals surface area (Å²) in [6.07, 6.45) is 2.27. The number of benzene rings is 1. The molecule has 0 radical (unpaired) electrons. The summed E-state index contributed by atoms with van der Waals surface area (Å²) in [4.78, 5) is 7.44. The Labute approximate surface area is 123 Å². The van der Waals surface area contributed by atoms with Crippen LogP contribution >= 0.6 is 15.9 Å². The van der Waals surface area contributed by atoms with Crippen LogP contribution in [0.4, 0.5) is 16.0 Å². The van der Waals surface area contributed by atoms with Gasteiger partial charge in [0, 0.05) is 11.5 Å². The van der Waals surface area contributed by atoms with Crippen LogP contribution in [-0.2, 0) is 10.0 Å². The topological polar surface area (TPSA) is 84.0 Å². The zero-order valence-corrected chi connectivity index (χ0v) is 12.7. The number of nitrogens with zero attached hydrogens (tertiary/aromatic N) is 2. The van der Waals surface area contributed by atoms with E-state index < -0.39 is 15.8 Å². The van der Waals surface area contributed by atoms with Crippen molar-refractivity contribution in [2.75, 3.05) is 17.1 Å². The molecule has 0 bridgehead atoms. The first-order chi connectivity index (χ1) is 9.42. The molecule has 6 nitrogen and oxygen atoms in total. The SMILES string of the molecule is CNc1ncc(S(=O)(=O)Nc2cc(Br)ccc2F)cn1. The molecule has 20 heavy (non-hydrogen) atoms. The van der Waals surface area contributed by atoms with E-state index in [2.05, 4.69) is 35.9 Å². The molecule has 0 aliphatic heterocycles. The maximum atomic E-state index is 13.5. The van der Waals surface area contributed by atoms with Crippen molar-refractivity contribution in [3.8, 4) is 0 Å². The minimum atomic E-state index is -3.94. The molecule has 0 atom stereocenters. The zero-order chi connectivity index (χ0) is 14.8. The van der Waals surface area contributed by atoms with E-state index in [1.54, 1.807) is 7.05 Å². The molecule has 0 aliphatic carbocycles. The predicted octanol–water partition coefficient (Wildman–Crippen LogP) is 2.22. The average Bonchev–Trinajstić information content (AvgIpc) is 2.43. The van der Waals surface area contributed by atoms with Crippen LogP contribution in [0, 0.1) is 5.82 Å². The maximum Gasteiger partial charge on any atom is 0.265 e. The lowest BCUT2D eigenvalue weighted by molar-refractivity contribution is 0.597. The Morgan fingerprint density at radius 3 is 2.50 bits per heavy atom. The van der Waals surface area contributed by atoms with Gasteiger partial charge in [0.25, 0.3) is 10.0 Å². The summed E-state index contributed by atoms with van der Waals surface area (Å²) in [6.45, 7) is 0. The van der Waals surface area contributed by atoms with Crippen LogP contribution in [0.2, 0.25) is 0 Å². The molecule has 1 heterocycles. The molecule has 2 aromatic rings. The third kappa shape index (κ3) is 3.23. The molecule has 2 rings (SSSR count). The first kappa shape index (κ1) is 14.7. The van der Waals surface area contributed by atoms with Gasteiger partial charge in [-0.3, -0.25) is 4.72 Å². The second kappa shape index (κ2) is 5.71. The Kier molecular flexibility index (Phi) is 4.19. The van der Waals surface area contributed by atoms with Gasteiger partial charge in [-0.1, -0.05) is 15.9 Å². The average molecular weight is 361 g/mol. The van der Waals surface area contributed by atoms with Gasteiger partial charge in [0.2, 0.25) is 5.95 Å². The number of halogens is 2. The highest BCUT2D eigenvalue weighted by atomic mass is 79.9. The monoisotopic (exact) mass is 360 g/mol.